The van der Waals surface area contributed by atoms with Crippen LogP contribution < -0.4 is 10.2 Å². The predicted molar refractivity (Wildman–Crippen MR) is 104 cm³/mol. The van der Waals surface area contributed by atoms with Crippen molar-refractivity contribution in [2.45, 2.75) is 51.4 Å². The number of hydrogen-bond acceptors (Lipinski definition) is 5. The SMILES string of the molecule is CC1(C)OB(c2cncc(OCC3OCCc4ccccc43)c2)OC1(C)C. The second-order valence-electron chi connectivity index (χ2n) is 8.16. The van der Waals surface area contributed by atoms with Crippen molar-refractivity contribution in [3.8, 4) is 5.75 Å². The van der Waals surface area contributed by atoms with E-state index in [9.17, 15) is 0 Å². The van der Waals surface area contributed by atoms with Gasteiger partial charge < -0.3 is 18.8 Å². The van der Waals surface area contributed by atoms with Crippen molar-refractivity contribution in [1.82, 2.24) is 4.98 Å². The predicted octanol–water partition coefficient (Wildman–Crippen LogP) is 3.07. The van der Waals surface area contributed by atoms with Crippen LogP contribution in [0.3, 0.4) is 0 Å². The number of aromatic nitrogens is 1. The number of fused-ring (bicyclic) bond motifs is 1. The van der Waals surface area contributed by atoms with Crippen LogP contribution in [0.4, 0.5) is 0 Å². The topological polar surface area (TPSA) is 49.8 Å². The van der Waals surface area contributed by atoms with Crippen LogP contribution in [0, 0.1) is 0 Å². The zero-order valence-electron chi connectivity index (χ0n) is 16.4. The quantitative estimate of drug-likeness (QED) is 0.778. The Morgan fingerprint density at radius 2 is 1.85 bits per heavy atom. The van der Waals surface area contributed by atoms with E-state index in [0.717, 1.165) is 18.5 Å². The van der Waals surface area contributed by atoms with Crippen molar-refractivity contribution in [2.24, 2.45) is 0 Å². The van der Waals surface area contributed by atoms with Crippen LogP contribution in [0.25, 0.3) is 0 Å². The summed E-state index contributed by atoms with van der Waals surface area (Å²) in [7, 11) is -0.447. The van der Waals surface area contributed by atoms with Crippen molar-refractivity contribution in [3.63, 3.8) is 0 Å². The largest absolute Gasteiger partial charge is 0.496 e. The molecule has 1 atom stereocenters. The average Bonchev–Trinajstić information content (AvgIpc) is 2.88. The average molecular weight is 367 g/mol. The maximum absolute atomic E-state index is 6.10. The van der Waals surface area contributed by atoms with Crippen molar-refractivity contribution < 1.29 is 18.8 Å². The first-order valence-electron chi connectivity index (χ1n) is 9.48. The van der Waals surface area contributed by atoms with Crippen LogP contribution in [-0.4, -0.2) is 36.5 Å². The number of hydrogen-bond donors (Lipinski definition) is 0. The van der Waals surface area contributed by atoms with Gasteiger partial charge in [0.05, 0.1) is 24.0 Å². The van der Waals surface area contributed by atoms with Crippen LogP contribution >= 0.6 is 0 Å². The summed E-state index contributed by atoms with van der Waals surface area (Å²) < 4.78 is 24.1. The Hall–Kier alpha value is -1.89. The van der Waals surface area contributed by atoms with Crippen molar-refractivity contribution in [1.29, 1.82) is 0 Å². The van der Waals surface area contributed by atoms with Crippen LogP contribution in [0.1, 0.15) is 44.9 Å². The molecule has 27 heavy (non-hydrogen) atoms. The second-order valence-corrected chi connectivity index (χ2v) is 8.16. The summed E-state index contributed by atoms with van der Waals surface area (Å²) in [5.41, 5.74) is 2.64. The lowest BCUT2D eigenvalue weighted by Crippen LogP contribution is -2.41. The number of ether oxygens (including phenoxy) is 2. The van der Waals surface area contributed by atoms with Gasteiger partial charge in [0.2, 0.25) is 0 Å². The molecule has 1 unspecified atom stereocenters. The molecule has 5 nitrogen and oxygen atoms in total. The first-order valence-corrected chi connectivity index (χ1v) is 9.48. The van der Waals surface area contributed by atoms with Crippen molar-refractivity contribution >= 4 is 12.6 Å². The van der Waals surface area contributed by atoms with Gasteiger partial charge in [0.25, 0.3) is 0 Å². The molecular weight excluding hydrogens is 341 g/mol. The van der Waals surface area contributed by atoms with E-state index in [0.29, 0.717) is 12.4 Å². The molecule has 0 N–H and O–H groups in total. The van der Waals surface area contributed by atoms with E-state index >= 15 is 0 Å². The van der Waals surface area contributed by atoms with E-state index in [4.69, 9.17) is 18.8 Å². The minimum absolute atomic E-state index is 0.0598. The second kappa shape index (κ2) is 6.93. The van der Waals surface area contributed by atoms with E-state index in [1.165, 1.54) is 11.1 Å². The Morgan fingerprint density at radius 3 is 2.63 bits per heavy atom. The van der Waals surface area contributed by atoms with Gasteiger partial charge in [-0.05, 0) is 51.3 Å². The van der Waals surface area contributed by atoms with Gasteiger partial charge in [0.15, 0.2) is 0 Å². The molecule has 2 aliphatic heterocycles. The highest BCUT2D eigenvalue weighted by molar-refractivity contribution is 6.62. The highest BCUT2D eigenvalue weighted by atomic mass is 16.7. The number of benzene rings is 1. The van der Waals surface area contributed by atoms with Gasteiger partial charge in [-0.2, -0.15) is 0 Å². The smallest absolute Gasteiger partial charge is 0.489 e. The maximum atomic E-state index is 6.10. The van der Waals surface area contributed by atoms with Gasteiger partial charge in [-0.15, -0.1) is 0 Å². The third-order valence-electron chi connectivity index (χ3n) is 5.75. The van der Waals surface area contributed by atoms with Crippen molar-refractivity contribution in [3.05, 3.63) is 53.9 Å². The monoisotopic (exact) mass is 367 g/mol. The van der Waals surface area contributed by atoms with E-state index in [1.54, 1.807) is 12.4 Å². The Morgan fingerprint density at radius 1 is 1.11 bits per heavy atom. The van der Waals surface area contributed by atoms with Gasteiger partial charge in [-0.25, -0.2) is 0 Å². The van der Waals surface area contributed by atoms with Gasteiger partial charge >= 0.3 is 7.12 Å². The highest BCUT2D eigenvalue weighted by Crippen LogP contribution is 2.36. The fourth-order valence-corrected chi connectivity index (χ4v) is 3.41. The highest BCUT2D eigenvalue weighted by Gasteiger charge is 2.51. The Balaban J connectivity index is 1.46. The molecule has 0 spiro atoms. The molecule has 1 aromatic carbocycles. The molecule has 3 heterocycles. The molecule has 0 radical (unpaired) electrons. The van der Waals surface area contributed by atoms with Crippen LogP contribution in [-0.2, 0) is 20.5 Å². The minimum Gasteiger partial charge on any atom is -0.489 e. The van der Waals surface area contributed by atoms with Gasteiger partial charge in [0, 0.05) is 11.7 Å². The summed E-state index contributed by atoms with van der Waals surface area (Å²) in [5, 5.41) is 0. The van der Waals surface area contributed by atoms with Gasteiger partial charge in [-0.3, -0.25) is 4.98 Å². The molecule has 1 saturated heterocycles. The molecule has 2 aromatic rings. The van der Waals surface area contributed by atoms with E-state index in [2.05, 4.69) is 23.2 Å². The van der Waals surface area contributed by atoms with Crippen LogP contribution in [0.15, 0.2) is 42.7 Å². The zero-order valence-corrected chi connectivity index (χ0v) is 16.4. The third kappa shape index (κ3) is 3.62. The summed E-state index contributed by atoms with van der Waals surface area (Å²) in [6, 6.07) is 10.3. The number of pyridine rings is 1. The van der Waals surface area contributed by atoms with E-state index < -0.39 is 7.12 Å². The molecule has 1 aromatic heterocycles. The molecule has 0 aliphatic carbocycles. The summed E-state index contributed by atoms with van der Waals surface area (Å²) >= 11 is 0. The Kier molecular flexibility index (Phi) is 4.74. The molecule has 0 saturated carbocycles. The van der Waals surface area contributed by atoms with Crippen LogP contribution in [0.2, 0.25) is 0 Å². The number of rotatable bonds is 4. The Labute approximate surface area is 161 Å². The standard InChI is InChI=1S/C21H26BNO4/c1-20(2)21(3,4)27-22(26-20)16-11-17(13-23-12-16)25-14-19-18-8-6-5-7-15(18)9-10-24-19/h5-8,11-13,19H,9-10,14H2,1-4H3. The Bertz CT molecular complexity index is 807. The molecular formula is C21H26BNO4. The summed E-state index contributed by atoms with van der Waals surface area (Å²) in [6.07, 6.45) is 4.37. The molecule has 142 valence electrons. The number of nitrogens with zero attached hydrogens (tertiary/aromatic N) is 1. The molecule has 0 bridgehead atoms. The lowest BCUT2D eigenvalue weighted by Gasteiger charge is -2.32. The van der Waals surface area contributed by atoms with Gasteiger partial charge in [-0.1, -0.05) is 24.3 Å². The van der Waals surface area contributed by atoms with Crippen LogP contribution in [0.5, 0.6) is 5.75 Å². The fourth-order valence-electron chi connectivity index (χ4n) is 3.41. The summed E-state index contributed by atoms with van der Waals surface area (Å²) in [4.78, 5) is 4.31. The van der Waals surface area contributed by atoms with Crippen molar-refractivity contribution in [2.75, 3.05) is 13.2 Å². The van der Waals surface area contributed by atoms with Gasteiger partial charge in [0.1, 0.15) is 18.5 Å². The molecule has 0 amide bonds. The third-order valence-corrected chi connectivity index (χ3v) is 5.75. The van der Waals surface area contributed by atoms with E-state index in [1.807, 2.05) is 39.8 Å². The zero-order chi connectivity index (χ0) is 19.1. The lowest BCUT2D eigenvalue weighted by atomic mass is 9.80. The first kappa shape index (κ1) is 18.5. The molecule has 2 aliphatic rings. The molecule has 6 heteroatoms. The molecule has 4 rings (SSSR count). The molecule has 1 fully saturated rings. The first-order chi connectivity index (χ1) is 12.9. The van der Waals surface area contributed by atoms with E-state index in [-0.39, 0.29) is 17.3 Å². The summed E-state index contributed by atoms with van der Waals surface area (Å²) in [6.45, 7) is 9.33. The maximum Gasteiger partial charge on any atom is 0.496 e. The summed E-state index contributed by atoms with van der Waals surface area (Å²) in [5.74, 6) is 0.689. The normalized spacial score (nSPS) is 23.1. The fraction of sp³-hybridized carbons (Fsp3) is 0.476. The minimum atomic E-state index is -0.447. The lowest BCUT2D eigenvalue weighted by molar-refractivity contribution is 0.00578.